The first-order valence-electron chi connectivity index (χ1n) is 14.3. The van der Waals surface area contributed by atoms with Gasteiger partial charge in [-0.05, 0) is 101 Å². The van der Waals surface area contributed by atoms with E-state index in [1.165, 1.54) is 35.0 Å². The molecule has 226 valence electrons. The van der Waals surface area contributed by atoms with Gasteiger partial charge in [-0.2, -0.15) is 0 Å². The van der Waals surface area contributed by atoms with Crippen molar-refractivity contribution in [3.8, 4) is 33.5 Å². The molecule has 9 heteroatoms. The fourth-order valence-corrected chi connectivity index (χ4v) is 7.82. The van der Waals surface area contributed by atoms with Crippen molar-refractivity contribution >= 4 is 40.2 Å². The number of alkyl halides is 2. The molecule has 1 aliphatic heterocycles. The van der Waals surface area contributed by atoms with Crippen LogP contribution in [0.3, 0.4) is 0 Å². The van der Waals surface area contributed by atoms with E-state index in [1.807, 2.05) is 31.2 Å². The number of ether oxygens (including phenoxy) is 1. The minimum atomic E-state index is -2.56. The zero-order chi connectivity index (χ0) is 31.2. The van der Waals surface area contributed by atoms with Gasteiger partial charge in [0, 0.05) is 37.8 Å². The van der Waals surface area contributed by atoms with Crippen molar-refractivity contribution in [3.63, 3.8) is 0 Å². The van der Waals surface area contributed by atoms with Crippen molar-refractivity contribution in [3.05, 3.63) is 124 Å². The summed E-state index contributed by atoms with van der Waals surface area (Å²) in [4.78, 5) is 13.5. The van der Waals surface area contributed by atoms with Gasteiger partial charge in [-0.3, -0.25) is 3.97 Å². The zero-order valence-electron chi connectivity index (χ0n) is 24.0. The predicted molar refractivity (Wildman–Crippen MR) is 174 cm³/mol. The quantitative estimate of drug-likeness (QED) is 0.180. The molecule has 1 aliphatic rings. The Kier molecular flexibility index (Phi) is 7.77. The molecule has 0 unspecified atom stereocenters. The molecular formula is C36H26F3NO3S2. The summed E-state index contributed by atoms with van der Waals surface area (Å²) in [6.45, 7) is 3.14. The highest BCUT2D eigenvalue weighted by molar-refractivity contribution is 7.98. The summed E-state index contributed by atoms with van der Waals surface area (Å²) in [6, 6.07) is 26.1. The van der Waals surface area contributed by atoms with Gasteiger partial charge in [0.05, 0.1) is 30.0 Å². The number of hydrogen-bond donors (Lipinski definition) is 1. The van der Waals surface area contributed by atoms with Crippen LogP contribution in [0.5, 0.6) is 0 Å². The molecule has 0 spiro atoms. The van der Waals surface area contributed by atoms with Crippen molar-refractivity contribution in [2.75, 3.05) is 13.2 Å². The van der Waals surface area contributed by atoms with Crippen LogP contribution >= 0.6 is 23.3 Å². The Morgan fingerprint density at radius 1 is 0.956 bits per heavy atom. The number of carboxylic acids is 1. The molecule has 1 N–H and O–H groups in total. The number of hydrogen-bond acceptors (Lipinski definition) is 4. The Morgan fingerprint density at radius 2 is 1.73 bits per heavy atom. The van der Waals surface area contributed by atoms with E-state index >= 15 is 0 Å². The highest BCUT2D eigenvalue weighted by atomic mass is 32.2. The van der Waals surface area contributed by atoms with Crippen molar-refractivity contribution in [2.24, 2.45) is 0 Å². The molecule has 6 aromatic rings. The SMILES string of the molecule is Cc1cc(C(=O)O)ccc1-c1cccc(-c2c(-c3ccsc3C3COC3)c3cc(F)ccc3n2Sc2ccc(C(F)F)cc2)c1. The number of aromatic carboxylic acids is 1. The maximum Gasteiger partial charge on any atom is 0.335 e. The molecule has 3 heterocycles. The molecule has 1 fully saturated rings. The van der Waals surface area contributed by atoms with Crippen LogP contribution in [0.25, 0.3) is 44.4 Å². The number of carboxylic acid groups (broad SMARTS) is 1. The van der Waals surface area contributed by atoms with Gasteiger partial charge in [-0.15, -0.1) is 11.3 Å². The van der Waals surface area contributed by atoms with Gasteiger partial charge in [0.2, 0.25) is 0 Å². The van der Waals surface area contributed by atoms with Gasteiger partial charge in [0.1, 0.15) is 5.82 Å². The van der Waals surface area contributed by atoms with E-state index < -0.39 is 12.4 Å². The summed E-state index contributed by atoms with van der Waals surface area (Å²) >= 11 is 3.05. The van der Waals surface area contributed by atoms with E-state index in [0.717, 1.165) is 54.9 Å². The van der Waals surface area contributed by atoms with Crippen molar-refractivity contribution in [1.82, 2.24) is 3.97 Å². The third-order valence-corrected chi connectivity index (χ3v) is 10.2. The highest BCUT2D eigenvalue weighted by Crippen LogP contribution is 2.49. The summed E-state index contributed by atoms with van der Waals surface area (Å²) in [6.07, 6.45) is -2.56. The molecule has 7 rings (SSSR count). The van der Waals surface area contributed by atoms with E-state index in [9.17, 15) is 23.1 Å². The lowest BCUT2D eigenvalue weighted by molar-refractivity contribution is 0.0101. The summed E-state index contributed by atoms with van der Waals surface area (Å²) in [5, 5.41) is 12.3. The Labute approximate surface area is 265 Å². The lowest BCUT2D eigenvalue weighted by atomic mass is 9.92. The minimum absolute atomic E-state index is 0.0534. The number of benzene rings is 4. The molecule has 0 amide bonds. The molecule has 0 saturated carbocycles. The number of nitrogens with zero attached hydrogens (tertiary/aromatic N) is 1. The second-order valence-electron chi connectivity index (χ2n) is 11.0. The Hall–Kier alpha value is -4.31. The Balaban J connectivity index is 1.47. The fraction of sp³-hybridized carbons (Fsp3) is 0.139. The summed E-state index contributed by atoms with van der Waals surface area (Å²) in [5.74, 6) is -1.09. The van der Waals surface area contributed by atoms with E-state index in [1.54, 1.807) is 47.7 Å². The maximum absolute atomic E-state index is 15.0. The molecule has 4 aromatic carbocycles. The molecule has 0 aliphatic carbocycles. The van der Waals surface area contributed by atoms with Crippen LogP contribution in [0.1, 0.15) is 38.7 Å². The third kappa shape index (κ3) is 5.45. The number of fused-ring (bicyclic) bond motifs is 1. The summed E-state index contributed by atoms with van der Waals surface area (Å²) < 4.78 is 49.2. The monoisotopic (exact) mass is 641 g/mol. The highest BCUT2D eigenvalue weighted by Gasteiger charge is 2.29. The van der Waals surface area contributed by atoms with Crippen LogP contribution in [0, 0.1) is 12.7 Å². The molecule has 45 heavy (non-hydrogen) atoms. The maximum atomic E-state index is 15.0. The Bertz CT molecular complexity index is 2060. The molecule has 2 aromatic heterocycles. The van der Waals surface area contributed by atoms with E-state index in [-0.39, 0.29) is 22.9 Å². The average molecular weight is 642 g/mol. The first-order chi connectivity index (χ1) is 21.8. The van der Waals surface area contributed by atoms with Crippen LogP contribution < -0.4 is 0 Å². The molecule has 0 bridgehead atoms. The van der Waals surface area contributed by atoms with Gasteiger partial charge < -0.3 is 9.84 Å². The topological polar surface area (TPSA) is 51.5 Å². The average Bonchev–Trinajstić information content (AvgIpc) is 3.58. The largest absolute Gasteiger partial charge is 0.478 e. The molecule has 0 radical (unpaired) electrons. The fourth-order valence-electron chi connectivity index (χ4n) is 5.83. The smallest absolute Gasteiger partial charge is 0.335 e. The molecular weight excluding hydrogens is 616 g/mol. The van der Waals surface area contributed by atoms with Crippen LogP contribution in [0.2, 0.25) is 0 Å². The van der Waals surface area contributed by atoms with Crippen LogP contribution in [-0.4, -0.2) is 28.3 Å². The number of carbonyl (C=O) groups is 1. The van der Waals surface area contributed by atoms with Gasteiger partial charge in [-0.25, -0.2) is 18.0 Å². The first-order valence-corrected chi connectivity index (χ1v) is 15.9. The van der Waals surface area contributed by atoms with Crippen LogP contribution in [-0.2, 0) is 4.74 Å². The van der Waals surface area contributed by atoms with E-state index in [2.05, 4.69) is 21.5 Å². The number of halogens is 3. The third-order valence-electron chi connectivity index (χ3n) is 8.11. The van der Waals surface area contributed by atoms with E-state index in [0.29, 0.717) is 13.2 Å². The number of aromatic nitrogens is 1. The number of thiophene rings is 1. The van der Waals surface area contributed by atoms with Crippen molar-refractivity contribution in [2.45, 2.75) is 24.2 Å². The van der Waals surface area contributed by atoms with Crippen molar-refractivity contribution in [1.29, 1.82) is 0 Å². The molecule has 4 nitrogen and oxygen atoms in total. The number of rotatable bonds is 8. The number of aryl methyl sites for hydroxylation is 1. The minimum Gasteiger partial charge on any atom is -0.478 e. The summed E-state index contributed by atoms with van der Waals surface area (Å²) in [7, 11) is 0. The van der Waals surface area contributed by atoms with Crippen LogP contribution in [0.15, 0.2) is 101 Å². The van der Waals surface area contributed by atoms with Gasteiger partial charge in [-0.1, -0.05) is 36.4 Å². The normalized spacial score (nSPS) is 13.4. The van der Waals surface area contributed by atoms with Gasteiger partial charge in [0.25, 0.3) is 6.43 Å². The predicted octanol–water partition coefficient (Wildman–Crippen LogP) is 10.5. The summed E-state index contributed by atoms with van der Waals surface area (Å²) in [5.41, 5.74) is 7.21. The lowest BCUT2D eigenvalue weighted by Gasteiger charge is -2.26. The second-order valence-corrected chi connectivity index (χ2v) is 13.0. The first kappa shape index (κ1) is 29.4. The van der Waals surface area contributed by atoms with Crippen LogP contribution in [0.4, 0.5) is 13.2 Å². The Morgan fingerprint density at radius 3 is 2.42 bits per heavy atom. The molecule has 1 saturated heterocycles. The van der Waals surface area contributed by atoms with Gasteiger partial charge >= 0.3 is 5.97 Å². The zero-order valence-corrected chi connectivity index (χ0v) is 25.6. The second kappa shape index (κ2) is 11.9. The lowest BCUT2D eigenvalue weighted by Crippen LogP contribution is -2.24. The van der Waals surface area contributed by atoms with Gasteiger partial charge in [0.15, 0.2) is 0 Å². The van der Waals surface area contributed by atoms with Crippen molar-refractivity contribution < 1.29 is 27.8 Å². The molecule has 0 atom stereocenters. The standard InChI is InChI=1S/C36H26F3NO3S2/c1-20-15-24(36(41)42)7-11-28(20)22-3-2-4-23(16-22)33-32(29-13-14-44-34(29)25-18-43-19-25)30-17-26(37)8-12-31(30)40(33)45-27-9-5-21(6-10-27)35(38)39/h2-17,25,35H,18-19H2,1H3,(H,41,42). The van der Waals surface area contributed by atoms with E-state index in [4.69, 9.17) is 4.74 Å².